The average molecular weight is 516 g/mol. The van der Waals surface area contributed by atoms with E-state index in [0.717, 1.165) is 54.8 Å². The number of hydrogen-bond acceptors (Lipinski definition) is 6. The zero-order chi connectivity index (χ0) is 26.1. The fraction of sp³-hybridized carbons (Fsp3) is 0.333. The van der Waals surface area contributed by atoms with Gasteiger partial charge < -0.3 is 24.9 Å². The molecule has 0 aromatic heterocycles. The minimum Gasteiger partial charge on any atom is -0.490 e. The van der Waals surface area contributed by atoms with Crippen LogP contribution < -0.4 is 10.1 Å². The van der Waals surface area contributed by atoms with E-state index in [-0.39, 0.29) is 18.1 Å². The molecule has 0 spiro atoms. The number of ether oxygens (including phenoxy) is 1. The molecule has 2 aliphatic heterocycles. The van der Waals surface area contributed by atoms with Crippen LogP contribution >= 0.6 is 0 Å². The number of aliphatic hydroxyl groups excluding tert-OH is 1. The maximum Gasteiger partial charge on any atom is 0.274 e. The average Bonchev–Trinajstić information content (AvgIpc) is 3.73. The highest BCUT2D eigenvalue weighted by atomic mass is 19.1. The number of rotatable bonds is 9. The molecule has 0 bridgehead atoms. The third-order valence-corrected chi connectivity index (χ3v) is 7.28. The number of nitrogens with zero attached hydrogens (tertiary/aromatic N) is 2. The molecule has 38 heavy (non-hydrogen) atoms. The molecule has 2 heterocycles. The van der Waals surface area contributed by atoms with Crippen molar-refractivity contribution in [1.82, 2.24) is 10.2 Å². The van der Waals surface area contributed by atoms with E-state index >= 15 is 0 Å². The monoisotopic (exact) mass is 515 g/mol. The molecule has 6 rings (SSSR count). The summed E-state index contributed by atoms with van der Waals surface area (Å²) in [6.45, 7) is 2.63. The van der Waals surface area contributed by atoms with Crippen LogP contribution in [0.4, 0.5) is 4.39 Å². The Labute approximate surface area is 220 Å². The molecule has 2 atom stereocenters. The fourth-order valence-corrected chi connectivity index (χ4v) is 4.80. The number of fused-ring (bicyclic) bond motifs is 1. The second kappa shape index (κ2) is 10.6. The molecular weight excluding hydrogens is 485 g/mol. The highest BCUT2D eigenvalue weighted by Gasteiger charge is 2.31. The predicted octanol–water partition coefficient (Wildman–Crippen LogP) is 4.19. The smallest absolute Gasteiger partial charge is 0.274 e. The minimum atomic E-state index is -0.903. The first-order valence-corrected chi connectivity index (χ1v) is 13.1. The number of carbonyl (C=O) groups excluding carboxylic acids is 1. The zero-order valence-corrected chi connectivity index (χ0v) is 21.0. The van der Waals surface area contributed by atoms with E-state index < -0.39 is 18.1 Å². The van der Waals surface area contributed by atoms with E-state index in [4.69, 9.17) is 9.57 Å². The summed E-state index contributed by atoms with van der Waals surface area (Å²) in [6.07, 6.45) is 2.67. The van der Waals surface area contributed by atoms with E-state index in [1.54, 1.807) is 12.1 Å². The summed E-state index contributed by atoms with van der Waals surface area (Å²) in [4.78, 5) is 21.1. The van der Waals surface area contributed by atoms with Crippen molar-refractivity contribution in [2.45, 2.75) is 44.1 Å². The first kappa shape index (κ1) is 24.6. The van der Waals surface area contributed by atoms with Gasteiger partial charge in [-0.25, -0.2) is 4.39 Å². The maximum absolute atomic E-state index is 13.5. The number of nitrogens with one attached hydrogen (secondary N) is 1. The van der Waals surface area contributed by atoms with Crippen LogP contribution in [0.15, 0.2) is 71.9 Å². The summed E-state index contributed by atoms with van der Waals surface area (Å²) in [5.74, 6) is 0.0921. The van der Waals surface area contributed by atoms with Gasteiger partial charge in [-0.05, 0) is 79.4 Å². The van der Waals surface area contributed by atoms with Crippen LogP contribution in [0.2, 0.25) is 0 Å². The lowest BCUT2D eigenvalue weighted by atomic mass is 9.95. The summed E-state index contributed by atoms with van der Waals surface area (Å²) in [5, 5.41) is 18.4. The van der Waals surface area contributed by atoms with Gasteiger partial charge in [-0.3, -0.25) is 4.79 Å². The molecular formula is C30H30FN3O4. The van der Waals surface area contributed by atoms with Gasteiger partial charge in [0.2, 0.25) is 0 Å². The molecule has 1 amide bonds. The Morgan fingerprint density at radius 2 is 1.82 bits per heavy atom. The van der Waals surface area contributed by atoms with Crippen molar-refractivity contribution in [3.8, 4) is 16.9 Å². The van der Waals surface area contributed by atoms with Crippen LogP contribution in [0.25, 0.3) is 11.1 Å². The van der Waals surface area contributed by atoms with E-state index in [1.165, 1.54) is 12.1 Å². The SMILES string of the molecule is O=C(NC(CN1CCC1)C(O)c1ccc(OC2CC2)cc1)C1=NOCc2cc(-c3ccc(F)cc3)ccc21. The number of oxime groups is 1. The van der Waals surface area contributed by atoms with Crippen LogP contribution in [0.1, 0.15) is 42.1 Å². The Balaban J connectivity index is 1.19. The molecule has 1 saturated heterocycles. The van der Waals surface area contributed by atoms with Crippen molar-refractivity contribution in [2.75, 3.05) is 19.6 Å². The molecule has 1 saturated carbocycles. The molecule has 2 fully saturated rings. The number of amides is 1. The number of likely N-dealkylation sites (tertiary alicyclic amines) is 1. The quantitative estimate of drug-likeness (QED) is 0.447. The first-order chi connectivity index (χ1) is 18.5. The van der Waals surface area contributed by atoms with Gasteiger partial charge in [0.25, 0.3) is 5.91 Å². The molecule has 3 aromatic carbocycles. The standard InChI is InChI=1S/C30H30FN3O4/c31-23-7-2-19(3-8-23)21-6-13-26-22(16-21)18-37-33-28(26)30(36)32-27(17-34-14-1-15-34)29(35)20-4-9-24(10-5-20)38-25-11-12-25/h2-10,13,16,25,27,29,35H,1,11-12,14-15,17-18H2,(H,32,36). The van der Waals surface area contributed by atoms with Crippen LogP contribution in [0, 0.1) is 5.82 Å². The van der Waals surface area contributed by atoms with Crippen LogP contribution in [0.5, 0.6) is 5.75 Å². The van der Waals surface area contributed by atoms with E-state index in [2.05, 4.69) is 15.4 Å². The lowest BCUT2D eigenvalue weighted by Gasteiger charge is -2.36. The highest BCUT2D eigenvalue weighted by Crippen LogP contribution is 2.29. The van der Waals surface area contributed by atoms with Gasteiger partial charge in [0.1, 0.15) is 24.3 Å². The molecule has 2 unspecified atom stereocenters. The number of benzene rings is 3. The normalized spacial score (nSPS) is 18.3. The van der Waals surface area contributed by atoms with Crippen molar-refractivity contribution in [3.63, 3.8) is 0 Å². The summed E-state index contributed by atoms with van der Waals surface area (Å²) in [5.41, 5.74) is 4.15. The van der Waals surface area contributed by atoms with Gasteiger partial charge in [0.05, 0.1) is 12.1 Å². The van der Waals surface area contributed by atoms with E-state index in [1.807, 2.05) is 42.5 Å². The summed E-state index contributed by atoms with van der Waals surface area (Å²) < 4.78 is 19.2. The van der Waals surface area contributed by atoms with Gasteiger partial charge in [-0.1, -0.05) is 41.6 Å². The molecule has 8 heteroatoms. The third-order valence-electron chi connectivity index (χ3n) is 7.28. The first-order valence-electron chi connectivity index (χ1n) is 13.1. The molecule has 0 radical (unpaired) electrons. The Bertz CT molecular complexity index is 1330. The van der Waals surface area contributed by atoms with Gasteiger partial charge in [0.15, 0.2) is 5.71 Å². The van der Waals surface area contributed by atoms with Crippen LogP contribution in [-0.4, -0.2) is 53.4 Å². The molecule has 196 valence electrons. The van der Waals surface area contributed by atoms with Crippen molar-refractivity contribution in [1.29, 1.82) is 0 Å². The van der Waals surface area contributed by atoms with E-state index in [0.29, 0.717) is 23.8 Å². The second-order valence-corrected chi connectivity index (χ2v) is 10.2. The number of carbonyl (C=O) groups is 1. The highest BCUT2D eigenvalue weighted by molar-refractivity contribution is 6.45. The lowest BCUT2D eigenvalue weighted by molar-refractivity contribution is -0.116. The topological polar surface area (TPSA) is 83.4 Å². The van der Waals surface area contributed by atoms with Crippen LogP contribution in [0.3, 0.4) is 0 Å². The second-order valence-electron chi connectivity index (χ2n) is 10.2. The Kier molecular flexibility index (Phi) is 6.82. The van der Waals surface area contributed by atoms with Gasteiger partial charge in [0, 0.05) is 17.7 Å². The van der Waals surface area contributed by atoms with Gasteiger partial charge >= 0.3 is 0 Å². The summed E-state index contributed by atoms with van der Waals surface area (Å²) in [7, 11) is 0. The maximum atomic E-state index is 13.5. The number of aliphatic hydroxyl groups is 1. The Morgan fingerprint density at radius 3 is 2.50 bits per heavy atom. The van der Waals surface area contributed by atoms with Gasteiger partial charge in [-0.15, -0.1) is 0 Å². The molecule has 3 aromatic rings. The summed E-state index contributed by atoms with van der Waals surface area (Å²) in [6, 6.07) is 18.8. The number of halogens is 1. The van der Waals surface area contributed by atoms with Crippen molar-refractivity contribution in [3.05, 3.63) is 89.2 Å². The third kappa shape index (κ3) is 5.42. The molecule has 3 aliphatic rings. The Morgan fingerprint density at radius 1 is 1.08 bits per heavy atom. The lowest BCUT2D eigenvalue weighted by Crippen LogP contribution is -2.52. The fourth-order valence-electron chi connectivity index (χ4n) is 4.80. The van der Waals surface area contributed by atoms with Crippen molar-refractivity contribution in [2.24, 2.45) is 5.16 Å². The van der Waals surface area contributed by atoms with Crippen molar-refractivity contribution < 1.29 is 23.9 Å². The predicted molar refractivity (Wildman–Crippen MR) is 141 cm³/mol. The van der Waals surface area contributed by atoms with Crippen molar-refractivity contribution >= 4 is 11.6 Å². The van der Waals surface area contributed by atoms with Crippen LogP contribution in [-0.2, 0) is 16.2 Å². The van der Waals surface area contributed by atoms with Gasteiger partial charge in [-0.2, -0.15) is 0 Å². The molecule has 2 N–H and O–H groups in total. The zero-order valence-electron chi connectivity index (χ0n) is 21.0. The largest absolute Gasteiger partial charge is 0.490 e. The number of hydrogen-bond donors (Lipinski definition) is 2. The minimum absolute atomic E-state index is 0.172. The summed E-state index contributed by atoms with van der Waals surface area (Å²) >= 11 is 0. The van der Waals surface area contributed by atoms with E-state index in [9.17, 15) is 14.3 Å². The Hall–Kier alpha value is -3.75. The molecule has 1 aliphatic carbocycles. The molecule has 7 nitrogen and oxygen atoms in total.